The van der Waals surface area contributed by atoms with Gasteiger partial charge in [-0.15, -0.1) is 0 Å². The summed E-state index contributed by atoms with van der Waals surface area (Å²) in [7, 11) is 0. The zero-order chi connectivity index (χ0) is 12.1. The molecule has 0 aliphatic rings. The molecule has 0 amide bonds. The van der Waals surface area contributed by atoms with Gasteiger partial charge in [0, 0.05) is 18.4 Å². The average Bonchev–Trinajstić information content (AvgIpc) is 2.16. The molecule has 0 spiro atoms. The minimum absolute atomic E-state index is 0.00285. The van der Waals surface area contributed by atoms with Gasteiger partial charge in [-0.3, -0.25) is 9.59 Å². The molecular weight excluding hydrogens is 208 g/mol. The number of phenols is 1. The fourth-order valence-corrected chi connectivity index (χ4v) is 1.50. The van der Waals surface area contributed by atoms with E-state index < -0.39 is 5.97 Å². The van der Waals surface area contributed by atoms with Crippen molar-refractivity contribution in [3.8, 4) is 5.75 Å². The van der Waals surface area contributed by atoms with E-state index >= 15 is 0 Å². The van der Waals surface area contributed by atoms with E-state index in [1.807, 2.05) is 0 Å². The molecule has 86 valence electrons. The maximum absolute atomic E-state index is 11.7. The standard InChI is InChI=1S/C12H14O4/c1-8-7-9(13)5-6-10(8)11(14)3-2-4-12(15)16/h5-7,13H,2-4H2,1H3,(H,15,16). The Hall–Kier alpha value is -1.84. The lowest BCUT2D eigenvalue weighted by molar-refractivity contribution is -0.137. The molecule has 0 fully saturated rings. The van der Waals surface area contributed by atoms with Crippen molar-refractivity contribution in [2.24, 2.45) is 0 Å². The fourth-order valence-electron chi connectivity index (χ4n) is 1.50. The van der Waals surface area contributed by atoms with Crippen LogP contribution in [0, 0.1) is 6.92 Å². The number of phenolic OH excluding ortho intramolecular Hbond substituents is 1. The molecule has 0 aromatic heterocycles. The zero-order valence-electron chi connectivity index (χ0n) is 9.06. The van der Waals surface area contributed by atoms with Crippen molar-refractivity contribution in [3.05, 3.63) is 29.3 Å². The van der Waals surface area contributed by atoms with Gasteiger partial charge in [-0.2, -0.15) is 0 Å². The van der Waals surface area contributed by atoms with Crippen molar-refractivity contribution in [1.82, 2.24) is 0 Å². The molecule has 0 aliphatic carbocycles. The van der Waals surface area contributed by atoms with Crippen LogP contribution in [0.2, 0.25) is 0 Å². The molecule has 0 aliphatic heterocycles. The Morgan fingerprint density at radius 1 is 1.25 bits per heavy atom. The second-order valence-electron chi connectivity index (χ2n) is 3.67. The monoisotopic (exact) mass is 222 g/mol. The summed E-state index contributed by atoms with van der Waals surface area (Å²) in [5, 5.41) is 17.6. The minimum Gasteiger partial charge on any atom is -0.508 e. The third kappa shape index (κ3) is 3.38. The molecule has 1 aromatic carbocycles. The predicted octanol–water partition coefficient (Wildman–Crippen LogP) is 2.14. The van der Waals surface area contributed by atoms with Gasteiger partial charge in [0.15, 0.2) is 5.78 Å². The molecule has 4 nitrogen and oxygen atoms in total. The van der Waals surface area contributed by atoms with Crippen LogP contribution in [0.4, 0.5) is 0 Å². The Balaban J connectivity index is 2.63. The first-order valence-corrected chi connectivity index (χ1v) is 5.05. The normalized spacial score (nSPS) is 10.1. The van der Waals surface area contributed by atoms with E-state index in [4.69, 9.17) is 5.11 Å². The van der Waals surface area contributed by atoms with Crippen LogP contribution in [0.3, 0.4) is 0 Å². The number of carbonyl (C=O) groups is 2. The van der Waals surface area contributed by atoms with Crippen LogP contribution in [0.15, 0.2) is 18.2 Å². The van der Waals surface area contributed by atoms with Crippen LogP contribution in [0.1, 0.15) is 35.2 Å². The van der Waals surface area contributed by atoms with Gasteiger partial charge in [0.1, 0.15) is 5.75 Å². The van der Waals surface area contributed by atoms with E-state index in [1.54, 1.807) is 13.0 Å². The van der Waals surface area contributed by atoms with Crippen LogP contribution < -0.4 is 0 Å². The van der Waals surface area contributed by atoms with Gasteiger partial charge in [-0.1, -0.05) is 0 Å². The Labute approximate surface area is 93.5 Å². The molecule has 16 heavy (non-hydrogen) atoms. The summed E-state index contributed by atoms with van der Waals surface area (Å²) in [6, 6.07) is 4.54. The zero-order valence-corrected chi connectivity index (χ0v) is 9.06. The number of Topliss-reactive ketones (excluding diaryl/α,β-unsaturated/α-hetero) is 1. The number of ketones is 1. The Morgan fingerprint density at radius 3 is 2.50 bits per heavy atom. The lowest BCUT2D eigenvalue weighted by atomic mass is 10.0. The number of aliphatic carboxylic acids is 1. The van der Waals surface area contributed by atoms with Crippen LogP contribution in [0.25, 0.3) is 0 Å². The first-order valence-electron chi connectivity index (χ1n) is 5.05. The van der Waals surface area contributed by atoms with E-state index in [-0.39, 0.29) is 24.4 Å². The van der Waals surface area contributed by atoms with E-state index in [0.717, 1.165) is 0 Å². The number of aromatic hydroxyl groups is 1. The highest BCUT2D eigenvalue weighted by Crippen LogP contribution is 2.17. The summed E-state index contributed by atoms with van der Waals surface area (Å²) in [5.74, 6) is -0.853. The molecule has 0 heterocycles. The number of rotatable bonds is 5. The van der Waals surface area contributed by atoms with E-state index in [2.05, 4.69) is 0 Å². The van der Waals surface area contributed by atoms with Crippen LogP contribution in [-0.4, -0.2) is 22.0 Å². The van der Waals surface area contributed by atoms with Gasteiger partial charge in [0.05, 0.1) is 0 Å². The minimum atomic E-state index is -0.893. The summed E-state index contributed by atoms with van der Waals surface area (Å²) in [4.78, 5) is 22.0. The lowest BCUT2D eigenvalue weighted by Gasteiger charge is -2.04. The molecule has 0 saturated carbocycles. The van der Waals surface area contributed by atoms with Crippen molar-refractivity contribution < 1.29 is 19.8 Å². The van der Waals surface area contributed by atoms with Gasteiger partial charge in [-0.25, -0.2) is 0 Å². The number of carboxylic acids is 1. The van der Waals surface area contributed by atoms with Crippen molar-refractivity contribution in [2.75, 3.05) is 0 Å². The Morgan fingerprint density at radius 2 is 1.94 bits per heavy atom. The molecule has 0 radical (unpaired) electrons. The highest BCUT2D eigenvalue weighted by molar-refractivity contribution is 5.97. The fraction of sp³-hybridized carbons (Fsp3) is 0.333. The first-order chi connectivity index (χ1) is 7.50. The summed E-state index contributed by atoms with van der Waals surface area (Å²) in [5.41, 5.74) is 1.25. The van der Waals surface area contributed by atoms with E-state index in [0.29, 0.717) is 17.5 Å². The van der Waals surface area contributed by atoms with Gasteiger partial charge < -0.3 is 10.2 Å². The molecule has 0 unspecified atom stereocenters. The van der Waals surface area contributed by atoms with E-state index in [1.165, 1.54) is 12.1 Å². The molecule has 1 rings (SSSR count). The van der Waals surface area contributed by atoms with Crippen LogP contribution in [0.5, 0.6) is 5.75 Å². The SMILES string of the molecule is Cc1cc(O)ccc1C(=O)CCCC(=O)O. The smallest absolute Gasteiger partial charge is 0.303 e. The Kier molecular flexibility index (Phi) is 4.05. The van der Waals surface area contributed by atoms with Crippen molar-refractivity contribution in [1.29, 1.82) is 0 Å². The summed E-state index contributed by atoms with van der Waals surface area (Å²) < 4.78 is 0. The highest BCUT2D eigenvalue weighted by Gasteiger charge is 2.10. The maximum atomic E-state index is 11.7. The maximum Gasteiger partial charge on any atom is 0.303 e. The third-order valence-corrected chi connectivity index (χ3v) is 2.30. The van der Waals surface area contributed by atoms with Crippen LogP contribution in [-0.2, 0) is 4.79 Å². The van der Waals surface area contributed by atoms with Gasteiger partial charge in [0.25, 0.3) is 0 Å². The molecule has 2 N–H and O–H groups in total. The molecule has 0 atom stereocenters. The van der Waals surface area contributed by atoms with Crippen molar-refractivity contribution >= 4 is 11.8 Å². The summed E-state index contributed by atoms with van der Waals surface area (Å²) in [6.45, 7) is 1.74. The third-order valence-electron chi connectivity index (χ3n) is 2.30. The van der Waals surface area contributed by atoms with Gasteiger partial charge in [0.2, 0.25) is 0 Å². The number of hydrogen-bond acceptors (Lipinski definition) is 3. The number of hydrogen-bond donors (Lipinski definition) is 2. The van der Waals surface area contributed by atoms with Gasteiger partial charge >= 0.3 is 5.97 Å². The predicted molar refractivity (Wildman–Crippen MR) is 58.7 cm³/mol. The second kappa shape index (κ2) is 5.30. The molecule has 1 aromatic rings. The summed E-state index contributed by atoms with van der Waals surface area (Å²) in [6.07, 6.45) is 0.565. The number of benzene rings is 1. The number of carbonyl (C=O) groups excluding carboxylic acids is 1. The highest BCUT2D eigenvalue weighted by atomic mass is 16.4. The largest absolute Gasteiger partial charge is 0.508 e. The lowest BCUT2D eigenvalue weighted by Crippen LogP contribution is -2.03. The summed E-state index contributed by atoms with van der Waals surface area (Å²) >= 11 is 0. The quantitative estimate of drug-likeness (QED) is 0.748. The molecular formula is C12H14O4. The van der Waals surface area contributed by atoms with Gasteiger partial charge in [-0.05, 0) is 37.1 Å². The van der Waals surface area contributed by atoms with Crippen LogP contribution >= 0.6 is 0 Å². The number of aryl methyl sites for hydroxylation is 1. The van der Waals surface area contributed by atoms with Crippen molar-refractivity contribution in [2.45, 2.75) is 26.2 Å². The topological polar surface area (TPSA) is 74.6 Å². The Bertz CT molecular complexity index is 409. The van der Waals surface area contributed by atoms with E-state index in [9.17, 15) is 14.7 Å². The van der Waals surface area contributed by atoms with Crippen molar-refractivity contribution in [3.63, 3.8) is 0 Å². The number of carboxylic acid groups (broad SMARTS) is 1. The average molecular weight is 222 g/mol. The first kappa shape index (κ1) is 12.2. The molecule has 0 bridgehead atoms. The second-order valence-corrected chi connectivity index (χ2v) is 3.67. The molecule has 0 saturated heterocycles. The molecule has 4 heteroatoms.